The maximum Gasteiger partial charge on any atom is 0.349 e. The summed E-state index contributed by atoms with van der Waals surface area (Å²) >= 11 is 1.13. The third-order valence-electron chi connectivity index (χ3n) is 4.87. The highest BCUT2D eigenvalue weighted by molar-refractivity contribution is 7.17. The van der Waals surface area contributed by atoms with E-state index in [0.717, 1.165) is 39.8 Å². The first-order valence-electron chi connectivity index (χ1n) is 9.89. The fourth-order valence-corrected chi connectivity index (χ4v) is 4.36. The van der Waals surface area contributed by atoms with Crippen LogP contribution >= 0.6 is 11.3 Å². The van der Waals surface area contributed by atoms with E-state index in [1.165, 1.54) is 6.33 Å². The van der Waals surface area contributed by atoms with Crippen LogP contribution in [0.3, 0.4) is 0 Å². The molecule has 0 saturated carbocycles. The molecule has 2 heterocycles. The summed E-state index contributed by atoms with van der Waals surface area (Å²) in [6.45, 7) is 2.85. The maximum atomic E-state index is 11.5. The van der Waals surface area contributed by atoms with Gasteiger partial charge >= 0.3 is 5.97 Å². The van der Waals surface area contributed by atoms with Crippen molar-refractivity contribution in [1.82, 2.24) is 9.97 Å². The van der Waals surface area contributed by atoms with Gasteiger partial charge in [-0.3, -0.25) is 0 Å². The van der Waals surface area contributed by atoms with Gasteiger partial charge in [0.05, 0.1) is 17.2 Å². The van der Waals surface area contributed by atoms with Crippen molar-refractivity contribution in [2.45, 2.75) is 13.3 Å². The highest BCUT2D eigenvalue weighted by Gasteiger charge is 2.18. The fraction of sp³-hybridized carbons (Fsp3) is 0.174. The van der Waals surface area contributed by atoms with Crippen LogP contribution in [0.5, 0.6) is 5.75 Å². The largest absolute Gasteiger partial charge is 0.492 e. The molecule has 0 spiro atoms. The first kappa shape index (κ1) is 20.6. The van der Waals surface area contributed by atoms with E-state index in [0.29, 0.717) is 35.3 Å². The van der Waals surface area contributed by atoms with Crippen LogP contribution in [-0.4, -0.2) is 34.2 Å². The molecule has 8 heteroatoms. The number of nitrogens with two attached hydrogens (primary N) is 1. The van der Waals surface area contributed by atoms with Gasteiger partial charge in [-0.25, -0.2) is 14.8 Å². The van der Waals surface area contributed by atoms with Crippen LogP contribution in [0.25, 0.3) is 21.3 Å². The van der Waals surface area contributed by atoms with E-state index in [2.05, 4.69) is 27.4 Å². The second-order valence-electron chi connectivity index (χ2n) is 6.86. The molecule has 0 amide bonds. The number of anilines is 2. The quantitative estimate of drug-likeness (QED) is 0.345. The first-order valence-corrected chi connectivity index (χ1v) is 10.7. The van der Waals surface area contributed by atoms with Gasteiger partial charge in [0, 0.05) is 24.4 Å². The molecule has 2 aromatic carbocycles. The second-order valence-corrected chi connectivity index (χ2v) is 7.91. The fourth-order valence-electron chi connectivity index (χ4n) is 3.45. The topological polar surface area (TPSA) is 110 Å². The number of nitrogens with zero attached hydrogens (tertiary/aromatic N) is 2. The van der Waals surface area contributed by atoms with E-state index in [1.54, 1.807) is 12.1 Å². The molecule has 2 aromatic heterocycles. The smallest absolute Gasteiger partial charge is 0.349 e. The number of carbonyl (C=O) groups is 1. The number of hydrogen-bond donors (Lipinski definition) is 3. The zero-order valence-corrected chi connectivity index (χ0v) is 17.8. The number of aromatic carboxylic acids is 1. The Morgan fingerprint density at radius 1 is 1.19 bits per heavy atom. The Morgan fingerprint density at radius 3 is 2.84 bits per heavy atom. The number of fused-ring (bicyclic) bond motifs is 1. The van der Waals surface area contributed by atoms with E-state index >= 15 is 0 Å². The lowest BCUT2D eigenvalue weighted by atomic mass is 10.0. The number of hydrogen-bond acceptors (Lipinski definition) is 7. The van der Waals surface area contributed by atoms with Gasteiger partial charge in [0.1, 0.15) is 17.9 Å². The van der Waals surface area contributed by atoms with E-state index < -0.39 is 5.97 Å². The van der Waals surface area contributed by atoms with Crippen LogP contribution in [0.1, 0.15) is 22.2 Å². The number of nitrogen functional groups attached to an aromatic ring is 1. The van der Waals surface area contributed by atoms with Crippen LogP contribution in [0.4, 0.5) is 11.5 Å². The average molecular weight is 435 g/mol. The monoisotopic (exact) mass is 434 g/mol. The third-order valence-corrected chi connectivity index (χ3v) is 6.00. The van der Waals surface area contributed by atoms with Crippen molar-refractivity contribution in [2.24, 2.45) is 0 Å². The predicted molar refractivity (Wildman–Crippen MR) is 124 cm³/mol. The molecule has 4 aromatic rings. The van der Waals surface area contributed by atoms with Gasteiger partial charge in [0.15, 0.2) is 4.88 Å². The molecule has 158 valence electrons. The summed E-state index contributed by atoms with van der Waals surface area (Å²) in [5, 5.41) is 15.0. The molecule has 0 aliphatic rings. The number of thiophene rings is 1. The lowest BCUT2D eigenvalue weighted by molar-refractivity contribution is 0.0698. The minimum absolute atomic E-state index is 0.163. The summed E-state index contributed by atoms with van der Waals surface area (Å²) in [6, 6.07) is 15.7. The van der Waals surface area contributed by atoms with Crippen LogP contribution in [0, 0.1) is 0 Å². The molecule has 0 radical (unpaired) electrons. The Morgan fingerprint density at radius 2 is 2.03 bits per heavy atom. The predicted octanol–water partition coefficient (Wildman–Crippen LogP) is 4.69. The molecule has 4 N–H and O–H groups in total. The van der Waals surface area contributed by atoms with Gasteiger partial charge in [-0.1, -0.05) is 30.3 Å². The Balaban J connectivity index is 1.51. The van der Waals surface area contributed by atoms with E-state index in [9.17, 15) is 9.90 Å². The molecular weight excluding hydrogens is 412 g/mol. The van der Waals surface area contributed by atoms with Crippen molar-refractivity contribution in [1.29, 1.82) is 0 Å². The van der Waals surface area contributed by atoms with E-state index in [-0.39, 0.29) is 4.88 Å². The molecule has 0 saturated heterocycles. The number of benzene rings is 2. The van der Waals surface area contributed by atoms with Gasteiger partial charge in [0.2, 0.25) is 0 Å². The summed E-state index contributed by atoms with van der Waals surface area (Å²) in [5.74, 6) is 0.00127. The average Bonchev–Trinajstić information content (AvgIpc) is 3.20. The zero-order valence-electron chi connectivity index (χ0n) is 17.0. The molecule has 0 aliphatic heterocycles. The third kappa shape index (κ3) is 4.44. The SMILES string of the molecule is CCOc1cc(-c2cc(NCCc3c(N)ccc4ccccc34)ncn2)sc1C(=O)O. The van der Waals surface area contributed by atoms with Gasteiger partial charge in [-0.2, -0.15) is 0 Å². The lowest BCUT2D eigenvalue weighted by Gasteiger charge is -2.11. The van der Waals surface area contributed by atoms with Crippen LogP contribution in [-0.2, 0) is 6.42 Å². The minimum Gasteiger partial charge on any atom is -0.492 e. The minimum atomic E-state index is -1.01. The number of aromatic nitrogens is 2. The number of carboxylic acid groups (broad SMARTS) is 1. The van der Waals surface area contributed by atoms with Crippen molar-refractivity contribution < 1.29 is 14.6 Å². The Hall–Kier alpha value is -3.65. The highest BCUT2D eigenvalue weighted by Crippen LogP contribution is 2.36. The molecule has 4 rings (SSSR count). The van der Waals surface area contributed by atoms with Gasteiger partial charge in [0.25, 0.3) is 0 Å². The molecule has 7 nitrogen and oxygen atoms in total. The van der Waals surface area contributed by atoms with Crippen molar-refractivity contribution >= 4 is 39.6 Å². The Bertz CT molecular complexity index is 1240. The highest BCUT2D eigenvalue weighted by atomic mass is 32.1. The molecule has 0 fully saturated rings. The van der Waals surface area contributed by atoms with Gasteiger partial charge in [-0.15, -0.1) is 11.3 Å². The second kappa shape index (κ2) is 9.01. The number of nitrogens with one attached hydrogen (secondary N) is 1. The molecule has 0 bridgehead atoms. The van der Waals surface area contributed by atoms with Crippen LogP contribution in [0.2, 0.25) is 0 Å². The maximum absolute atomic E-state index is 11.5. The molecule has 31 heavy (non-hydrogen) atoms. The van der Waals surface area contributed by atoms with Crippen LogP contribution < -0.4 is 15.8 Å². The summed E-state index contributed by atoms with van der Waals surface area (Å²) < 4.78 is 5.45. The molecule has 0 unspecified atom stereocenters. The summed E-state index contributed by atoms with van der Waals surface area (Å²) in [4.78, 5) is 20.9. The van der Waals surface area contributed by atoms with Crippen LogP contribution in [0.15, 0.2) is 54.9 Å². The van der Waals surface area contributed by atoms with E-state index in [4.69, 9.17) is 10.5 Å². The van der Waals surface area contributed by atoms with Crippen molar-refractivity contribution in [3.05, 3.63) is 65.3 Å². The van der Waals surface area contributed by atoms with Crippen molar-refractivity contribution in [3.63, 3.8) is 0 Å². The Kier molecular flexibility index (Phi) is 5.99. The van der Waals surface area contributed by atoms with Crippen molar-refractivity contribution in [3.8, 4) is 16.3 Å². The lowest BCUT2D eigenvalue weighted by Crippen LogP contribution is -2.08. The molecule has 0 atom stereocenters. The van der Waals surface area contributed by atoms with Gasteiger partial charge < -0.3 is 20.9 Å². The standard InChI is InChI=1S/C23H22N4O3S/c1-2-30-19-12-20(31-22(19)23(28)29)18-11-21(27-13-26-18)25-10-9-16-15-6-4-3-5-14(15)7-8-17(16)24/h3-8,11-13H,2,9-10,24H2,1H3,(H,28,29)(H,25,26,27). The molecular formula is C23H22N4O3S. The zero-order chi connectivity index (χ0) is 21.8. The summed E-state index contributed by atoms with van der Waals surface area (Å²) in [6.07, 6.45) is 2.20. The van der Waals surface area contributed by atoms with Gasteiger partial charge in [-0.05, 0) is 35.7 Å². The number of ether oxygens (including phenoxy) is 1. The Labute approximate surface area is 183 Å². The summed E-state index contributed by atoms with van der Waals surface area (Å²) in [7, 11) is 0. The normalized spacial score (nSPS) is 10.9. The number of rotatable bonds is 8. The van der Waals surface area contributed by atoms with E-state index in [1.807, 2.05) is 31.2 Å². The summed E-state index contributed by atoms with van der Waals surface area (Å²) in [5.41, 5.74) is 8.73. The molecule has 0 aliphatic carbocycles. The van der Waals surface area contributed by atoms with Crippen molar-refractivity contribution in [2.75, 3.05) is 24.2 Å². The number of carboxylic acids is 1. The first-order chi connectivity index (χ1) is 15.1.